The SMILES string of the molecule is CC(C)SCCCC(=O)ON1C(=O)[CH-]CC1=O.[Na+]. The van der Waals surface area contributed by atoms with Gasteiger partial charge in [-0.1, -0.05) is 20.3 Å². The van der Waals surface area contributed by atoms with E-state index in [0.717, 1.165) is 5.75 Å². The standard InChI is InChI=1S/C11H16NO4S.Na/c1-8(2)17-7-3-4-11(15)16-12-9(13)5-6-10(12)14;/h5,8H,3-4,6-7H2,1-2H3;/q-1;+1. The fraction of sp³-hybridized carbons (Fsp3) is 0.636. The summed E-state index contributed by atoms with van der Waals surface area (Å²) in [5.74, 6) is -0.716. The van der Waals surface area contributed by atoms with Crippen molar-refractivity contribution in [3.63, 3.8) is 0 Å². The van der Waals surface area contributed by atoms with Crippen molar-refractivity contribution in [1.29, 1.82) is 0 Å². The number of carbonyl (C=O) groups excluding carboxylic acids is 3. The van der Waals surface area contributed by atoms with Gasteiger partial charge in [0.2, 0.25) is 5.91 Å². The molecule has 0 N–H and O–H groups in total. The first-order valence-electron chi connectivity index (χ1n) is 5.53. The van der Waals surface area contributed by atoms with Gasteiger partial charge in [0.25, 0.3) is 0 Å². The van der Waals surface area contributed by atoms with Crippen molar-refractivity contribution in [3.8, 4) is 0 Å². The Balaban J connectivity index is 0.00000289. The molecule has 7 heteroatoms. The number of imide groups is 1. The van der Waals surface area contributed by atoms with Crippen LogP contribution in [-0.4, -0.2) is 33.8 Å². The van der Waals surface area contributed by atoms with Gasteiger partial charge >= 0.3 is 35.5 Å². The van der Waals surface area contributed by atoms with Gasteiger partial charge in [-0.25, -0.2) is 4.79 Å². The predicted octanol–water partition coefficient (Wildman–Crippen LogP) is -1.67. The minimum Gasteiger partial charge on any atom is -0.333 e. The van der Waals surface area contributed by atoms with Crippen LogP contribution in [0.15, 0.2) is 0 Å². The molecule has 1 fully saturated rings. The predicted molar refractivity (Wildman–Crippen MR) is 63.7 cm³/mol. The zero-order valence-corrected chi connectivity index (χ0v) is 13.8. The largest absolute Gasteiger partial charge is 1.00 e. The maximum absolute atomic E-state index is 11.3. The van der Waals surface area contributed by atoms with Crippen LogP contribution in [0.1, 0.15) is 33.1 Å². The van der Waals surface area contributed by atoms with Gasteiger partial charge in [0, 0.05) is 6.42 Å². The van der Waals surface area contributed by atoms with Gasteiger partial charge in [-0.2, -0.15) is 11.8 Å². The van der Waals surface area contributed by atoms with Crippen molar-refractivity contribution in [1.82, 2.24) is 5.06 Å². The summed E-state index contributed by atoms with van der Waals surface area (Å²) in [6.07, 6.45) is 2.11. The zero-order chi connectivity index (χ0) is 12.8. The van der Waals surface area contributed by atoms with Crippen LogP contribution in [0.25, 0.3) is 0 Å². The van der Waals surface area contributed by atoms with E-state index < -0.39 is 17.8 Å². The molecule has 0 aromatic carbocycles. The Morgan fingerprint density at radius 1 is 1.50 bits per heavy atom. The molecule has 0 radical (unpaired) electrons. The molecule has 0 bridgehead atoms. The number of amides is 2. The first-order chi connectivity index (χ1) is 8.00. The number of thioether (sulfide) groups is 1. The summed E-state index contributed by atoms with van der Waals surface area (Å²) >= 11 is 1.76. The van der Waals surface area contributed by atoms with E-state index in [0.29, 0.717) is 16.7 Å². The summed E-state index contributed by atoms with van der Waals surface area (Å²) < 4.78 is 0. The van der Waals surface area contributed by atoms with E-state index in [-0.39, 0.29) is 42.4 Å². The first kappa shape index (κ1) is 17.8. The maximum atomic E-state index is 11.3. The number of rotatable bonds is 6. The smallest absolute Gasteiger partial charge is 0.333 e. The van der Waals surface area contributed by atoms with E-state index in [1.165, 1.54) is 6.42 Å². The molecule has 18 heavy (non-hydrogen) atoms. The topological polar surface area (TPSA) is 63.7 Å². The van der Waals surface area contributed by atoms with Crippen LogP contribution in [-0.2, 0) is 19.2 Å². The average Bonchev–Trinajstić information content (AvgIpc) is 2.56. The van der Waals surface area contributed by atoms with Gasteiger partial charge in [0.15, 0.2) is 0 Å². The number of hydrogen-bond donors (Lipinski definition) is 0. The normalized spacial score (nSPS) is 14.5. The molecule has 0 atom stereocenters. The quantitative estimate of drug-likeness (QED) is 0.252. The van der Waals surface area contributed by atoms with E-state index in [4.69, 9.17) is 4.84 Å². The summed E-state index contributed by atoms with van der Waals surface area (Å²) in [5.41, 5.74) is 0. The van der Waals surface area contributed by atoms with Crippen molar-refractivity contribution in [2.45, 2.75) is 38.4 Å². The van der Waals surface area contributed by atoms with E-state index in [1.807, 2.05) is 0 Å². The van der Waals surface area contributed by atoms with Crippen molar-refractivity contribution >= 4 is 29.5 Å². The number of carbonyl (C=O) groups is 3. The molecule has 1 aliphatic rings. The van der Waals surface area contributed by atoms with Crippen LogP contribution in [0.5, 0.6) is 0 Å². The first-order valence-corrected chi connectivity index (χ1v) is 6.58. The van der Waals surface area contributed by atoms with Crippen LogP contribution >= 0.6 is 11.8 Å². The summed E-state index contributed by atoms with van der Waals surface area (Å²) in [6, 6.07) is 0. The molecule has 0 aliphatic carbocycles. The molecular formula is C11H16NNaO4S. The molecule has 5 nitrogen and oxygen atoms in total. The molecule has 0 saturated carbocycles. The van der Waals surface area contributed by atoms with E-state index in [2.05, 4.69) is 13.8 Å². The van der Waals surface area contributed by atoms with Gasteiger partial charge in [0.1, 0.15) is 5.91 Å². The van der Waals surface area contributed by atoms with Crippen molar-refractivity contribution in [2.75, 3.05) is 5.75 Å². The molecule has 1 rings (SSSR count). The molecule has 96 valence electrons. The Kier molecular flexibility index (Phi) is 8.77. The molecule has 0 spiro atoms. The summed E-state index contributed by atoms with van der Waals surface area (Å²) in [4.78, 5) is 38.3. The van der Waals surface area contributed by atoms with Crippen molar-refractivity contribution in [2.24, 2.45) is 0 Å². The number of hydroxylamine groups is 2. The fourth-order valence-electron chi connectivity index (χ4n) is 1.24. The van der Waals surface area contributed by atoms with Crippen LogP contribution in [0.2, 0.25) is 0 Å². The zero-order valence-electron chi connectivity index (χ0n) is 11.0. The maximum Gasteiger partial charge on any atom is 1.00 e. The van der Waals surface area contributed by atoms with Gasteiger partial charge in [-0.05, 0) is 17.4 Å². The van der Waals surface area contributed by atoms with Gasteiger partial charge in [-0.3, -0.25) is 11.2 Å². The number of hydrogen-bond acceptors (Lipinski definition) is 5. The molecule has 2 amide bonds. The Morgan fingerprint density at radius 3 is 2.67 bits per heavy atom. The molecule has 1 aliphatic heterocycles. The molecular weight excluding hydrogens is 265 g/mol. The van der Waals surface area contributed by atoms with E-state index >= 15 is 0 Å². The van der Waals surface area contributed by atoms with Crippen molar-refractivity contribution in [3.05, 3.63) is 6.42 Å². The van der Waals surface area contributed by atoms with Crippen LogP contribution < -0.4 is 29.6 Å². The minimum absolute atomic E-state index is 0. The third-order valence-corrected chi connectivity index (χ3v) is 3.24. The molecule has 0 aromatic rings. The Labute approximate surface area is 133 Å². The average molecular weight is 281 g/mol. The van der Waals surface area contributed by atoms with Crippen LogP contribution in [0.3, 0.4) is 0 Å². The summed E-state index contributed by atoms with van der Waals surface area (Å²) in [7, 11) is 0. The second kappa shape index (κ2) is 8.85. The molecule has 1 heterocycles. The third-order valence-electron chi connectivity index (χ3n) is 2.05. The van der Waals surface area contributed by atoms with Gasteiger partial charge in [-0.15, -0.1) is 5.06 Å². The van der Waals surface area contributed by atoms with Crippen LogP contribution in [0, 0.1) is 6.42 Å². The summed E-state index contributed by atoms with van der Waals surface area (Å²) in [6.45, 7) is 4.17. The van der Waals surface area contributed by atoms with Gasteiger partial charge in [0.05, 0.1) is 0 Å². The second-order valence-electron chi connectivity index (χ2n) is 3.92. The van der Waals surface area contributed by atoms with E-state index in [9.17, 15) is 14.4 Å². The number of nitrogens with zero attached hydrogens (tertiary/aromatic N) is 1. The Morgan fingerprint density at radius 2 is 2.17 bits per heavy atom. The molecule has 0 unspecified atom stereocenters. The van der Waals surface area contributed by atoms with E-state index in [1.54, 1.807) is 11.8 Å². The molecule has 1 saturated heterocycles. The third kappa shape index (κ3) is 6.13. The molecule has 0 aromatic heterocycles. The Hall–Kier alpha value is -0.170. The summed E-state index contributed by atoms with van der Waals surface area (Å²) in [5, 5.41) is 1.07. The second-order valence-corrected chi connectivity index (χ2v) is 5.61. The van der Waals surface area contributed by atoms with Crippen LogP contribution in [0.4, 0.5) is 0 Å². The Bertz CT molecular complexity index is 306. The fourth-order valence-corrected chi connectivity index (χ4v) is 2.02. The monoisotopic (exact) mass is 281 g/mol. The minimum atomic E-state index is -0.556. The van der Waals surface area contributed by atoms with Gasteiger partial charge < -0.3 is 9.63 Å². The van der Waals surface area contributed by atoms with Crippen molar-refractivity contribution < 1.29 is 48.8 Å².